The zero-order chi connectivity index (χ0) is 17.3. The lowest BCUT2D eigenvalue weighted by molar-refractivity contribution is -0.0432. The van der Waals surface area contributed by atoms with E-state index in [-0.39, 0.29) is 5.60 Å². The van der Waals surface area contributed by atoms with Crippen LogP contribution in [0.4, 0.5) is 0 Å². The van der Waals surface area contributed by atoms with Crippen molar-refractivity contribution in [2.75, 3.05) is 0 Å². The van der Waals surface area contributed by atoms with Crippen molar-refractivity contribution in [2.24, 2.45) is 5.92 Å². The average Bonchev–Trinajstić information content (AvgIpc) is 3.10. The van der Waals surface area contributed by atoms with Crippen molar-refractivity contribution in [3.05, 3.63) is 23.3 Å². The summed E-state index contributed by atoms with van der Waals surface area (Å²) in [5, 5.41) is 21.1. The van der Waals surface area contributed by atoms with Gasteiger partial charge in [0.1, 0.15) is 6.10 Å². The minimum Gasteiger partial charge on any atom is -0.387 e. The molecule has 2 aliphatic rings. The van der Waals surface area contributed by atoms with Crippen LogP contribution >= 0.6 is 0 Å². The predicted octanol–water partition coefficient (Wildman–Crippen LogP) is 4.14. The van der Waals surface area contributed by atoms with E-state index in [1.54, 1.807) is 6.92 Å². The van der Waals surface area contributed by atoms with Gasteiger partial charge in [-0.2, -0.15) is 0 Å². The molecule has 23 heavy (non-hydrogen) atoms. The Bertz CT molecular complexity index is 475. The number of rotatable bonds is 1. The molecule has 0 saturated carbocycles. The number of allylic oxidation sites excluding steroid dienone is 3. The molecule has 0 spiro atoms. The SMILES string of the molecule is C/C1=C\CC[C@@](C)(O)[C@@H](O)/C=C(/C(C)C)CC[C@]2(C)O[C@H]2CC1. The Kier molecular flexibility index (Phi) is 5.76. The second kappa shape index (κ2) is 7.08. The van der Waals surface area contributed by atoms with Crippen molar-refractivity contribution in [2.45, 2.75) is 96.6 Å². The van der Waals surface area contributed by atoms with Crippen LogP contribution in [0, 0.1) is 5.92 Å². The fourth-order valence-corrected chi connectivity index (χ4v) is 3.43. The first kappa shape index (κ1) is 18.7. The van der Waals surface area contributed by atoms with Crippen molar-refractivity contribution in [3.63, 3.8) is 0 Å². The first-order chi connectivity index (χ1) is 10.6. The fourth-order valence-electron chi connectivity index (χ4n) is 3.43. The van der Waals surface area contributed by atoms with E-state index in [9.17, 15) is 10.2 Å². The third kappa shape index (κ3) is 4.91. The summed E-state index contributed by atoms with van der Waals surface area (Å²) in [6.07, 6.45) is 9.04. The molecule has 1 heterocycles. The highest BCUT2D eigenvalue weighted by Gasteiger charge is 2.50. The second-order valence-corrected chi connectivity index (χ2v) is 8.25. The molecule has 1 aliphatic carbocycles. The van der Waals surface area contributed by atoms with Crippen LogP contribution in [-0.2, 0) is 4.74 Å². The van der Waals surface area contributed by atoms with Crippen molar-refractivity contribution in [3.8, 4) is 0 Å². The molecule has 1 fully saturated rings. The van der Waals surface area contributed by atoms with Crippen molar-refractivity contribution >= 4 is 0 Å². The monoisotopic (exact) mass is 322 g/mol. The molecule has 1 saturated heterocycles. The van der Waals surface area contributed by atoms with Gasteiger partial charge in [0, 0.05) is 0 Å². The summed E-state index contributed by atoms with van der Waals surface area (Å²) < 4.78 is 5.96. The molecule has 2 N–H and O–H groups in total. The van der Waals surface area contributed by atoms with Gasteiger partial charge in [-0.05, 0) is 65.2 Å². The third-order valence-corrected chi connectivity index (χ3v) is 5.64. The summed E-state index contributed by atoms with van der Waals surface area (Å²) in [4.78, 5) is 0. The van der Waals surface area contributed by atoms with E-state index in [0.717, 1.165) is 32.1 Å². The Labute approximate surface area is 141 Å². The second-order valence-electron chi connectivity index (χ2n) is 8.25. The topological polar surface area (TPSA) is 53.0 Å². The molecular formula is C20H34O3. The molecule has 3 nitrogen and oxygen atoms in total. The Morgan fingerprint density at radius 1 is 1.22 bits per heavy atom. The van der Waals surface area contributed by atoms with Crippen LogP contribution in [0.2, 0.25) is 0 Å². The molecule has 0 unspecified atom stereocenters. The maximum atomic E-state index is 10.6. The minimum atomic E-state index is -1.08. The zero-order valence-corrected chi connectivity index (χ0v) is 15.4. The quantitative estimate of drug-likeness (QED) is 0.563. The van der Waals surface area contributed by atoms with Gasteiger partial charge in [0.25, 0.3) is 0 Å². The number of hydrogen-bond donors (Lipinski definition) is 2. The van der Waals surface area contributed by atoms with Gasteiger partial charge >= 0.3 is 0 Å². The largest absolute Gasteiger partial charge is 0.387 e. The van der Waals surface area contributed by atoms with E-state index in [1.165, 1.54) is 11.1 Å². The standard InChI is InChI=1S/C20H34O3/c1-14(2)16-10-12-20(5)18(23-20)9-8-15(3)7-6-11-19(4,22)17(21)13-16/h7,13-14,17-18,21-22H,6,8-12H2,1-5H3/b15-7+,16-13+/t17-,18-,19+,20-/m0/s1. The van der Waals surface area contributed by atoms with Gasteiger partial charge in [-0.3, -0.25) is 0 Å². The van der Waals surface area contributed by atoms with Crippen LogP contribution in [0.3, 0.4) is 0 Å². The Morgan fingerprint density at radius 2 is 1.91 bits per heavy atom. The van der Waals surface area contributed by atoms with E-state index in [4.69, 9.17) is 4.74 Å². The summed E-state index contributed by atoms with van der Waals surface area (Å²) in [5.41, 5.74) is 1.48. The highest BCUT2D eigenvalue weighted by Crippen LogP contribution is 2.44. The Morgan fingerprint density at radius 3 is 2.57 bits per heavy atom. The number of ether oxygens (including phenoxy) is 1. The molecule has 1 aliphatic heterocycles. The molecular weight excluding hydrogens is 288 g/mol. The van der Waals surface area contributed by atoms with Crippen LogP contribution in [0.15, 0.2) is 23.3 Å². The first-order valence-corrected chi connectivity index (χ1v) is 9.08. The molecule has 0 aromatic carbocycles. The van der Waals surface area contributed by atoms with Gasteiger partial charge < -0.3 is 14.9 Å². The van der Waals surface area contributed by atoms with Crippen LogP contribution in [-0.4, -0.2) is 33.6 Å². The molecule has 0 aromatic rings. The molecule has 0 amide bonds. The maximum Gasteiger partial charge on any atom is 0.101 e. The molecule has 2 rings (SSSR count). The summed E-state index contributed by atoms with van der Waals surface area (Å²) in [5.74, 6) is 0.372. The predicted molar refractivity (Wildman–Crippen MR) is 94.3 cm³/mol. The van der Waals surface area contributed by atoms with Gasteiger partial charge in [-0.15, -0.1) is 0 Å². The van der Waals surface area contributed by atoms with E-state index in [1.807, 2.05) is 6.08 Å². The van der Waals surface area contributed by atoms with Gasteiger partial charge in [0.15, 0.2) is 0 Å². The van der Waals surface area contributed by atoms with E-state index < -0.39 is 11.7 Å². The Hall–Kier alpha value is -0.640. The van der Waals surface area contributed by atoms with Gasteiger partial charge in [-0.1, -0.05) is 37.1 Å². The fraction of sp³-hybridized carbons (Fsp3) is 0.800. The first-order valence-electron chi connectivity index (χ1n) is 9.08. The number of fused-ring (bicyclic) bond motifs is 1. The lowest BCUT2D eigenvalue weighted by Gasteiger charge is -2.28. The van der Waals surface area contributed by atoms with E-state index in [0.29, 0.717) is 18.4 Å². The van der Waals surface area contributed by atoms with Crippen LogP contribution < -0.4 is 0 Å². The number of epoxide rings is 1. The van der Waals surface area contributed by atoms with Gasteiger partial charge in [-0.25, -0.2) is 0 Å². The lowest BCUT2D eigenvalue weighted by Crippen LogP contribution is -2.38. The van der Waals surface area contributed by atoms with Crippen molar-refractivity contribution < 1.29 is 14.9 Å². The van der Waals surface area contributed by atoms with E-state index >= 15 is 0 Å². The lowest BCUT2D eigenvalue weighted by atomic mass is 9.86. The van der Waals surface area contributed by atoms with Crippen LogP contribution in [0.1, 0.15) is 73.1 Å². The van der Waals surface area contributed by atoms with Crippen LogP contribution in [0.25, 0.3) is 0 Å². The van der Waals surface area contributed by atoms with Crippen molar-refractivity contribution in [1.29, 1.82) is 0 Å². The average molecular weight is 322 g/mol. The minimum absolute atomic E-state index is 0.00809. The molecule has 0 radical (unpaired) electrons. The molecule has 0 aromatic heterocycles. The smallest absolute Gasteiger partial charge is 0.101 e. The zero-order valence-electron chi connectivity index (χ0n) is 15.4. The molecule has 0 bridgehead atoms. The number of aliphatic hydroxyl groups excluding tert-OH is 1. The number of hydrogen-bond acceptors (Lipinski definition) is 3. The summed E-state index contributed by atoms with van der Waals surface area (Å²) in [6, 6.07) is 0. The highest BCUT2D eigenvalue weighted by molar-refractivity contribution is 5.14. The highest BCUT2D eigenvalue weighted by atomic mass is 16.6. The van der Waals surface area contributed by atoms with Gasteiger partial charge in [0.2, 0.25) is 0 Å². The van der Waals surface area contributed by atoms with E-state index in [2.05, 4.69) is 33.8 Å². The van der Waals surface area contributed by atoms with Gasteiger partial charge in [0.05, 0.1) is 17.3 Å². The summed E-state index contributed by atoms with van der Waals surface area (Å²) >= 11 is 0. The summed E-state index contributed by atoms with van der Waals surface area (Å²) in [6.45, 7) is 10.4. The molecule has 3 heteroatoms. The Balaban J connectivity index is 2.19. The maximum absolute atomic E-state index is 10.6. The number of aliphatic hydroxyl groups is 2. The summed E-state index contributed by atoms with van der Waals surface area (Å²) in [7, 11) is 0. The molecule has 4 atom stereocenters. The molecule has 132 valence electrons. The van der Waals surface area contributed by atoms with Crippen LogP contribution in [0.5, 0.6) is 0 Å². The van der Waals surface area contributed by atoms with Crippen molar-refractivity contribution in [1.82, 2.24) is 0 Å². The third-order valence-electron chi connectivity index (χ3n) is 5.64. The normalized spacial score (nSPS) is 44.5.